The second-order valence-electron chi connectivity index (χ2n) is 6.21. The molecule has 1 aromatic heterocycles. The van der Waals surface area contributed by atoms with Crippen LogP contribution in [0.3, 0.4) is 0 Å². The van der Waals surface area contributed by atoms with Crippen LogP contribution < -0.4 is 10.9 Å². The molecular formula is C17H21ClN4O. The van der Waals surface area contributed by atoms with Crippen molar-refractivity contribution in [3.8, 4) is 0 Å². The molecule has 1 saturated heterocycles. The smallest absolute Gasteiger partial charge is 0.287 e. The topological polar surface area (TPSA) is 50.2 Å². The SMILES string of the molecule is CN1C[C@H](Nc2cnn(C)c(=O)c2Cl)C[C@@H](c2ccccc2)C1. The minimum absolute atomic E-state index is 0.201. The van der Waals surface area contributed by atoms with Crippen LogP contribution >= 0.6 is 11.6 Å². The third-order valence-electron chi connectivity index (χ3n) is 4.34. The van der Waals surface area contributed by atoms with Gasteiger partial charge in [-0.15, -0.1) is 0 Å². The number of likely N-dealkylation sites (tertiary alicyclic amines) is 1. The number of piperidine rings is 1. The lowest BCUT2D eigenvalue weighted by Gasteiger charge is -2.36. The van der Waals surface area contributed by atoms with Crippen LogP contribution in [0.15, 0.2) is 41.3 Å². The van der Waals surface area contributed by atoms with E-state index in [9.17, 15) is 4.79 Å². The summed E-state index contributed by atoms with van der Waals surface area (Å²) in [5, 5.41) is 7.64. The predicted octanol–water partition coefficient (Wildman–Crippen LogP) is 2.33. The monoisotopic (exact) mass is 332 g/mol. The van der Waals surface area contributed by atoms with Gasteiger partial charge in [0.25, 0.3) is 5.56 Å². The minimum Gasteiger partial charge on any atom is -0.378 e. The van der Waals surface area contributed by atoms with Crippen molar-refractivity contribution >= 4 is 17.3 Å². The van der Waals surface area contributed by atoms with Gasteiger partial charge in [-0.3, -0.25) is 4.79 Å². The second-order valence-corrected chi connectivity index (χ2v) is 6.58. The minimum atomic E-state index is -0.277. The quantitative estimate of drug-likeness (QED) is 0.937. The standard InChI is InChI=1S/C17H21ClN4O/c1-21-10-13(12-6-4-3-5-7-12)8-14(11-21)20-15-9-19-22(2)17(23)16(15)18/h3-7,9,13-14,20H,8,10-11H2,1-2H3/t13-,14-/m1/s1. The fraction of sp³-hybridized carbons (Fsp3) is 0.412. The number of anilines is 1. The van der Waals surface area contributed by atoms with Crippen LogP contribution in [0.2, 0.25) is 5.02 Å². The van der Waals surface area contributed by atoms with Gasteiger partial charge in [0.2, 0.25) is 0 Å². The largest absolute Gasteiger partial charge is 0.378 e. The molecule has 0 amide bonds. The molecule has 0 saturated carbocycles. The van der Waals surface area contributed by atoms with Crippen molar-refractivity contribution in [1.82, 2.24) is 14.7 Å². The Balaban J connectivity index is 1.78. The summed E-state index contributed by atoms with van der Waals surface area (Å²) in [5.41, 5.74) is 1.68. The summed E-state index contributed by atoms with van der Waals surface area (Å²) in [6, 6.07) is 10.8. The number of rotatable bonds is 3. The molecule has 1 aliphatic heterocycles. The van der Waals surface area contributed by atoms with Crippen LogP contribution in [-0.2, 0) is 7.05 Å². The molecule has 0 radical (unpaired) electrons. The van der Waals surface area contributed by atoms with Crippen molar-refractivity contribution in [2.45, 2.75) is 18.4 Å². The Morgan fingerprint density at radius 1 is 1.22 bits per heavy atom. The maximum atomic E-state index is 11.9. The number of hydrogen-bond donors (Lipinski definition) is 1. The number of aryl methyl sites for hydroxylation is 1. The maximum Gasteiger partial charge on any atom is 0.287 e. The molecule has 0 unspecified atom stereocenters. The summed E-state index contributed by atoms with van der Waals surface area (Å²) in [6.07, 6.45) is 2.62. The first-order valence-corrected chi connectivity index (χ1v) is 8.14. The molecule has 1 aliphatic rings. The summed E-state index contributed by atoms with van der Waals surface area (Å²) in [5.74, 6) is 0.464. The van der Waals surface area contributed by atoms with Crippen molar-refractivity contribution in [3.05, 3.63) is 57.5 Å². The van der Waals surface area contributed by atoms with Crippen molar-refractivity contribution in [2.24, 2.45) is 7.05 Å². The number of nitrogens with zero attached hydrogens (tertiary/aromatic N) is 3. The normalized spacial score (nSPS) is 22.0. The number of nitrogens with one attached hydrogen (secondary N) is 1. The number of hydrogen-bond acceptors (Lipinski definition) is 4. The van der Waals surface area contributed by atoms with E-state index < -0.39 is 0 Å². The van der Waals surface area contributed by atoms with Gasteiger partial charge in [0.05, 0.1) is 11.9 Å². The van der Waals surface area contributed by atoms with E-state index in [2.05, 4.69) is 46.6 Å². The molecule has 2 heterocycles. The third-order valence-corrected chi connectivity index (χ3v) is 4.71. The Morgan fingerprint density at radius 2 is 1.96 bits per heavy atom. The Labute approximate surface area is 140 Å². The van der Waals surface area contributed by atoms with Crippen molar-refractivity contribution in [1.29, 1.82) is 0 Å². The van der Waals surface area contributed by atoms with Crippen LogP contribution in [0, 0.1) is 0 Å². The zero-order valence-electron chi connectivity index (χ0n) is 13.4. The number of likely N-dealkylation sites (N-methyl/N-ethyl adjacent to an activating group) is 1. The van der Waals surface area contributed by atoms with Crippen LogP contribution in [0.5, 0.6) is 0 Å². The van der Waals surface area contributed by atoms with E-state index in [4.69, 9.17) is 11.6 Å². The molecule has 1 aromatic carbocycles. The molecule has 2 atom stereocenters. The molecule has 2 aromatic rings. The van der Waals surface area contributed by atoms with Crippen LogP contribution in [0.4, 0.5) is 5.69 Å². The molecule has 0 bridgehead atoms. The number of aromatic nitrogens is 2. The van der Waals surface area contributed by atoms with Gasteiger partial charge in [-0.25, -0.2) is 4.68 Å². The molecular weight excluding hydrogens is 312 g/mol. The highest BCUT2D eigenvalue weighted by Gasteiger charge is 2.27. The average molecular weight is 333 g/mol. The summed E-state index contributed by atoms with van der Waals surface area (Å²) in [4.78, 5) is 14.2. The highest BCUT2D eigenvalue weighted by molar-refractivity contribution is 6.32. The van der Waals surface area contributed by atoms with E-state index in [1.807, 2.05) is 6.07 Å². The Morgan fingerprint density at radius 3 is 2.70 bits per heavy atom. The second kappa shape index (κ2) is 6.72. The predicted molar refractivity (Wildman–Crippen MR) is 93.2 cm³/mol. The van der Waals surface area contributed by atoms with E-state index in [-0.39, 0.29) is 16.6 Å². The average Bonchev–Trinajstić information content (AvgIpc) is 2.56. The number of benzene rings is 1. The Hall–Kier alpha value is -1.85. The maximum absolute atomic E-state index is 11.9. The summed E-state index contributed by atoms with van der Waals surface area (Å²) in [6.45, 7) is 1.94. The molecule has 0 spiro atoms. The van der Waals surface area contributed by atoms with Crippen LogP contribution in [-0.4, -0.2) is 40.9 Å². The van der Waals surface area contributed by atoms with Gasteiger partial charge in [-0.2, -0.15) is 5.10 Å². The lowest BCUT2D eigenvalue weighted by atomic mass is 9.88. The fourth-order valence-electron chi connectivity index (χ4n) is 3.22. The summed E-state index contributed by atoms with van der Waals surface area (Å²) >= 11 is 6.16. The molecule has 6 heteroatoms. The highest BCUT2D eigenvalue weighted by Crippen LogP contribution is 2.28. The Kier molecular flexibility index (Phi) is 4.68. The summed E-state index contributed by atoms with van der Waals surface area (Å²) < 4.78 is 1.24. The van der Waals surface area contributed by atoms with E-state index >= 15 is 0 Å². The van der Waals surface area contributed by atoms with Gasteiger partial charge in [-0.05, 0) is 24.9 Å². The molecule has 5 nitrogen and oxygen atoms in total. The molecule has 1 N–H and O–H groups in total. The summed E-state index contributed by atoms with van der Waals surface area (Å²) in [7, 11) is 3.71. The van der Waals surface area contributed by atoms with Crippen molar-refractivity contribution in [2.75, 3.05) is 25.5 Å². The molecule has 1 fully saturated rings. The van der Waals surface area contributed by atoms with E-state index in [1.165, 1.54) is 10.2 Å². The van der Waals surface area contributed by atoms with Crippen molar-refractivity contribution < 1.29 is 0 Å². The number of halogens is 1. The van der Waals surface area contributed by atoms with E-state index in [0.29, 0.717) is 11.6 Å². The van der Waals surface area contributed by atoms with Gasteiger partial charge in [-0.1, -0.05) is 41.9 Å². The van der Waals surface area contributed by atoms with Gasteiger partial charge < -0.3 is 10.2 Å². The molecule has 122 valence electrons. The van der Waals surface area contributed by atoms with Gasteiger partial charge in [0.15, 0.2) is 0 Å². The van der Waals surface area contributed by atoms with Crippen LogP contribution in [0.1, 0.15) is 17.9 Å². The third kappa shape index (κ3) is 3.57. The van der Waals surface area contributed by atoms with Gasteiger partial charge >= 0.3 is 0 Å². The highest BCUT2D eigenvalue weighted by atomic mass is 35.5. The van der Waals surface area contributed by atoms with Crippen LogP contribution in [0.25, 0.3) is 0 Å². The fourth-order valence-corrected chi connectivity index (χ4v) is 3.45. The first-order chi connectivity index (χ1) is 11.0. The lowest BCUT2D eigenvalue weighted by molar-refractivity contribution is 0.235. The van der Waals surface area contributed by atoms with E-state index in [1.54, 1.807) is 13.2 Å². The Bertz CT molecular complexity index is 731. The lowest BCUT2D eigenvalue weighted by Crippen LogP contribution is -2.43. The zero-order chi connectivity index (χ0) is 16.4. The molecule has 23 heavy (non-hydrogen) atoms. The molecule has 0 aliphatic carbocycles. The zero-order valence-corrected chi connectivity index (χ0v) is 14.1. The van der Waals surface area contributed by atoms with Crippen molar-refractivity contribution in [3.63, 3.8) is 0 Å². The van der Waals surface area contributed by atoms with Gasteiger partial charge in [0.1, 0.15) is 5.02 Å². The first kappa shape index (κ1) is 16.0. The molecule has 3 rings (SSSR count). The van der Waals surface area contributed by atoms with E-state index in [0.717, 1.165) is 19.5 Å². The van der Waals surface area contributed by atoms with Gasteiger partial charge in [0, 0.05) is 26.2 Å². The first-order valence-electron chi connectivity index (χ1n) is 7.76.